The van der Waals surface area contributed by atoms with Crippen molar-refractivity contribution in [1.29, 1.82) is 0 Å². The molecular formula is C11H9F2N3. The highest BCUT2D eigenvalue weighted by Gasteiger charge is 2.14. The third-order valence-electron chi connectivity index (χ3n) is 2.23. The molecule has 0 saturated carbocycles. The van der Waals surface area contributed by atoms with Gasteiger partial charge in [-0.05, 0) is 18.6 Å². The van der Waals surface area contributed by atoms with E-state index >= 15 is 0 Å². The second-order valence-corrected chi connectivity index (χ2v) is 3.38. The van der Waals surface area contributed by atoms with Crippen LogP contribution in [0, 0.1) is 18.6 Å². The number of hydrogen-bond donors (Lipinski definition) is 1. The number of anilines is 1. The summed E-state index contributed by atoms with van der Waals surface area (Å²) < 4.78 is 27.2. The number of aromatic nitrogens is 2. The van der Waals surface area contributed by atoms with Crippen molar-refractivity contribution in [1.82, 2.24) is 9.97 Å². The zero-order chi connectivity index (χ0) is 11.7. The van der Waals surface area contributed by atoms with E-state index in [4.69, 9.17) is 5.73 Å². The third-order valence-corrected chi connectivity index (χ3v) is 2.23. The van der Waals surface area contributed by atoms with Crippen molar-refractivity contribution in [2.24, 2.45) is 0 Å². The largest absolute Gasteiger partial charge is 0.384 e. The van der Waals surface area contributed by atoms with Crippen molar-refractivity contribution < 1.29 is 8.78 Å². The molecule has 0 aliphatic rings. The molecule has 0 unspecified atom stereocenters. The predicted octanol–water partition coefficient (Wildman–Crippen LogP) is 2.31. The summed E-state index contributed by atoms with van der Waals surface area (Å²) in [6, 6.07) is 3.91. The fourth-order valence-corrected chi connectivity index (χ4v) is 1.40. The zero-order valence-electron chi connectivity index (χ0n) is 8.54. The number of nitrogens with two attached hydrogens (primary N) is 1. The van der Waals surface area contributed by atoms with Gasteiger partial charge in [-0.25, -0.2) is 18.7 Å². The zero-order valence-corrected chi connectivity index (χ0v) is 8.54. The van der Waals surface area contributed by atoms with Crippen LogP contribution >= 0.6 is 0 Å². The molecular weight excluding hydrogens is 212 g/mol. The number of nitrogen functional groups attached to an aromatic ring is 1. The van der Waals surface area contributed by atoms with Gasteiger partial charge in [0.1, 0.15) is 23.8 Å². The van der Waals surface area contributed by atoms with Crippen LogP contribution in [0.5, 0.6) is 0 Å². The Morgan fingerprint density at radius 2 is 1.94 bits per heavy atom. The molecule has 0 amide bonds. The van der Waals surface area contributed by atoms with E-state index in [9.17, 15) is 8.78 Å². The van der Waals surface area contributed by atoms with Gasteiger partial charge in [0.2, 0.25) is 0 Å². The fraction of sp³-hybridized carbons (Fsp3) is 0.0909. The van der Waals surface area contributed by atoms with Crippen LogP contribution in [0.2, 0.25) is 0 Å². The first kappa shape index (κ1) is 10.5. The van der Waals surface area contributed by atoms with Gasteiger partial charge in [0.05, 0.1) is 11.3 Å². The molecule has 16 heavy (non-hydrogen) atoms. The summed E-state index contributed by atoms with van der Waals surface area (Å²) in [7, 11) is 0. The van der Waals surface area contributed by atoms with Crippen molar-refractivity contribution >= 4 is 5.82 Å². The van der Waals surface area contributed by atoms with Crippen molar-refractivity contribution in [3.05, 3.63) is 41.7 Å². The molecule has 2 rings (SSSR count). The van der Waals surface area contributed by atoms with Crippen LogP contribution in [0.4, 0.5) is 14.6 Å². The van der Waals surface area contributed by atoms with Gasteiger partial charge >= 0.3 is 0 Å². The van der Waals surface area contributed by atoms with Crippen LogP contribution in [-0.4, -0.2) is 9.97 Å². The molecule has 0 bridgehead atoms. The minimum atomic E-state index is -0.666. The summed E-state index contributed by atoms with van der Waals surface area (Å²) in [4.78, 5) is 7.47. The van der Waals surface area contributed by atoms with Crippen LogP contribution in [-0.2, 0) is 0 Å². The van der Waals surface area contributed by atoms with E-state index in [0.29, 0.717) is 5.56 Å². The van der Waals surface area contributed by atoms with E-state index in [1.54, 1.807) is 6.92 Å². The van der Waals surface area contributed by atoms with Crippen LogP contribution in [0.1, 0.15) is 5.56 Å². The van der Waals surface area contributed by atoms with Gasteiger partial charge in [0.25, 0.3) is 0 Å². The lowest BCUT2D eigenvalue weighted by Crippen LogP contribution is -1.98. The van der Waals surface area contributed by atoms with Gasteiger partial charge in [0, 0.05) is 6.07 Å². The Balaban J connectivity index is 2.68. The normalized spacial score (nSPS) is 10.4. The Morgan fingerprint density at radius 3 is 2.62 bits per heavy atom. The summed E-state index contributed by atoms with van der Waals surface area (Å²) >= 11 is 0. The van der Waals surface area contributed by atoms with Gasteiger partial charge in [-0.3, -0.25) is 0 Å². The maximum atomic E-state index is 13.7. The summed E-state index contributed by atoms with van der Waals surface area (Å²) in [5, 5.41) is 0. The smallest absolute Gasteiger partial charge is 0.138 e. The Labute approximate surface area is 91.0 Å². The quantitative estimate of drug-likeness (QED) is 0.803. The lowest BCUT2D eigenvalue weighted by Gasteiger charge is -2.06. The summed E-state index contributed by atoms with van der Waals surface area (Å²) in [6.45, 7) is 1.56. The third kappa shape index (κ3) is 1.71. The summed E-state index contributed by atoms with van der Waals surface area (Å²) in [5.41, 5.74) is 5.77. The molecule has 0 aliphatic carbocycles. The average Bonchev–Trinajstić information content (AvgIpc) is 2.24. The maximum Gasteiger partial charge on any atom is 0.138 e. The monoisotopic (exact) mass is 221 g/mol. The second kappa shape index (κ2) is 3.84. The van der Waals surface area contributed by atoms with Crippen molar-refractivity contribution in [3.8, 4) is 11.3 Å². The molecule has 1 aromatic heterocycles. The van der Waals surface area contributed by atoms with Crippen molar-refractivity contribution in [3.63, 3.8) is 0 Å². The van der Waals surface area contributed by atoms with Gasteiger partial charge in [-0.15, -0.1) is 0 Å². The highest BCUT2D eigenvalue weighted by Crippen LogP contribution is 2.26. The minimum Gasteiger partial charge on any atom is -0.384 e. The molecule has 2 aromatic rings. The van der Waals surface area contributed by atoms with Crippen LogP contribution in [0.25, 0.3) is 11.3 Å². The Morgan fingerprint density at radius 1 is 1.19 bits per heavy atom. The summed E-state index contributed by atoms with van der Waals surface area (Å²) in [5.74, 6) is -1.12. The van der Waals surface area contributed by atoms with Crippen LogP contribution in [0.15, 0.2) is 24.5 Å². The van der Waals surface area contributed by atoms with Crippen LogP contribution in [0.3, 0.4) is 0 Å². The Kier molecular flexibility index (Phi) is 2.52. The van der Waals surface area contributed by atoms with E-state index < -0.39 is 11.6 Å². The molecule has 82 valence electrons. The Hall–Kier alpha value is -2.04. The molecule has 2 N–H and O–H groups in total. The van der Waals surface area contributed by atoms with E-state index in [0.717, 1.165) is 0 Å². The van der Waals surface area contributed by atoms with Gasteiger partial charge in [-0.2, -0.15) is 0 Å². The minimum absolute atomic E-state index is 0.145. The van der Waals surface area contributed by atoms with E-state index in [1.807, 2.05) is 0 Å². The lowest BCUT2D eigenvalue weighted by molar-refractivity contribution is 0.583. The predicted molar refractivity (Wildman–Crippen MR) is 56.5 cm³/mol. The highest BCUT2D eigenvalue weighted by molar-refractivity contribution is 5.63. The molecule has 5 heteroatoms. The molecule has 0 spiro atoms. The highest BCUT2D eigenvalue weighted by atomic mass is 19.1. The lowest BCUT2D eigenvalue weighted by atomic mass is 10.1. The number of benzene rings is 1. The molecule has 3 nitrogen and oxygen atoms in total. The van der Waals surface area contributed by atoms with E-state index in [1.165, 1.54) is 24.5 Å². The SMILES string of the molecule is Cc1ccc(F)c(-c2cc(N)ncn2)c1F. The average molecular weight is 221 g/mol. The molecule has 0 atom stereocenters. The van der Waals surface area contributed by atoms with E-state index in [-0.39, 0.29) is 17.1 Å². The molecule has 0 saturated heterocycles. The van der Waals surface area contributed by atoms with Gasteiger partial charge < -0.3 is 5.73 Å². The van der Waals surface area contributed by atoms with Crippen molar-refractivity contribution in [2.45, 2.75) is 6.92 Å². The topological polar surface area (TPSA) is 51.8 Å². The first-order chi connectivity index (χ1) is 7.59. The first-order valence-electron chi connectivity index (χ1n) is 4.62. The fourth-order valence-electron chi connectivity index (χ4n) is 1.40. The molecule has 1 aromatic carbocycles. The molecule has 0 aliphatic heterocycles. The number of nitrogens with zero attached hydrogens (tertiary/aromatic N) is 2. The van der Waals surface area contributed by atoms with Crippen molar-refractivity contribution in [2.75, 3.05) is 5.73 Å². The maximum absolute atomic E-state index is 13.7. The molecule has 1 heterocycles. The Bertz CT molecular complexity index is 541. The van der Waals surface area contributed by atoms with Gasteiger partial charge in [-0.1, -0.05) is 6.07 Å². The number of rotatable bonds is 1. The number of halogens is 2. The number of hydrogen-bond acceptors (Lipinski definition) is 3. The summed E-state index contributed by atoms with van der Waals surface area (Å²) in [6.07, 6.45) is 1.17. The first-order valence-corrected chi connectivity index (χ1v) is 4.62. The second-order valence-electron chi connectivity index (χ2n) is 3.38. The number of aryl methyl sites for hydroxylation is 1. The molecule has 0 radical (unpaired) electrons. The van der Waals surface area contributed by atoms with Crippen LogP contribution < -0.4 is 5.73 Å². The van der Waals surface area contributed by atoms with E-state index in [2.05, 4.69) is 9.97 Å². The molecule has 0 fully saturated rings. The van der Waals surface area contributed by atoms with Gasteiger partial charge in [0.15, 0.2) is 0 Å². The standard InChI is InChI=1S/C11H9F2N3/c1-6-2-3-7(12)10(11(6)13)8-4-9(14)16-5-15-8/h2-5H,1H3,(H2,14,15,16).